The van der Waals surface area contributed by atoms with Crippen molar-refractivity contribution < 1.29 is 22.2 Å². The van der Waals surface area contributed by atoms with Crippen molar-refractivity contribution in [2.45, 2.75) is 32.2 Å². The number of amides is 1. The number of unbranched alkanes of at least 4 members (excludes halogenated alkanes) is 1. The minimum absolute atomic E-state index is 0.0565. The Morgan fingerprint density at radius 1 is 0.921 bits per heavy atom. The number of anilines is 1. The highest BCUT2D eigenvalue weighted by atomic mass is 32.2. The molecule has 0 aliphatic rings. The van der Waals surface area contributed by atoms with Crippen LogP contribution in [0.3, 0.4) is 0 Å². The normalized spacial score (nSPS) is 12.2. The molecule has 0 spiro atoms. The third-order valence-corrected chi connectivity index (χ3v) is 6.71. The molecule has 0 fully saturated rings. The summed E-state index contributed by atoms with van der Waals surface area (Å²) in [7, 11) is -4.12. The molecular weight excluding hydrogens is 504 g/mol. The van der Waals surface area contributed by atoms with Gasteiger partial charge in [-0.05, 0) is 60.5 Å². The molecule has 9 nitrogen and oxygen atoms in total. The van der Waals surface area contributed by atoms with Gasteiger partial charge in [0.25, 0.3) is 16.0 Å². The van der Waals surface area contributed by atoms with E-state index in [1.807, 2.05) is 66.7 Å². The maximum Gasteiger partial charge on any atom is 0.266 e. The highest BCUT2D eigenvalue weighted by Gasteiger charge is 2.15. The molecule has 0 bridgehead atoms. The lowest BCUT2D eigenvalue weighted by Gasteiger charge is -2.21. The van der Waals surface area contributed by atoms with E-state index in [9.17, 15) is 13.2 Å². The van der Waals surface area contributed by atoms with E-state index < -0.39 is 21.8 Å². The Morgan fingerprint density at radius 2 is 1.55 bits per heavy atom. The van der Waals surface area contributed by atoms with Crippen LogP contribution in [-0.4, -0.2) is 41.4 Å². The van der Waals surface area contributed by atoms with Crippen molar-refractivity contribution in [2.24, 2.45) is 0 Å². The van der Waals surface area contributed by atoms with Gasteiger partial charge in [0, 0.05) is 28.9 Å². The van der Waals surface area contributed by atoms with Crippen molar-refractivity contribution >= 4 is 21.7 Å². The average molecular weight is 535 g/mol. The first-order valence-electron chi connectivity index (χ1n) is 12.4. The summed E-state index contributed by atoms with van der Waals surface area (Å²) < 4.78 is 36.3. The molecule has 4 aromatic rings. The number of carbonyl (C=O) groups excluding carboxylic acids is 1. The first kappa shape index (κ1) is 27.0. The fraction of sp³-hybridized carbons (Fsp3) is 0.250. The second-order valence-corrected chi connectivity index (χ2v) is 10.4. The van der Waals surface area contributed by atoms with E-state index in [0.29, 0.717) is 17.3 Å². The van der Waals surface area contributed by atoms with Crippen LogP contribution in [0, 0.1) is 0 Å². The summed E-state index contributed by atoms with van der Waals surface area (Å²) in [5.41, 5.74) is 4.07. The van der Waals surface area contributed by atoms with Crippen molar-refractivity contribution in [1.29, 1.82) is 0 Å². The largest absolute Gasteiger partial charge is 0.416 e. The zero-order valence-electron chi connectivity index (χ0n) is 21.0. The van der Waals surface area contributed by atoms with Crippen LogP contribution in [0.2, 0.25) is 0 Å². The van der Waals surface area contributed by atoms with Crippen molar-refractivity contribution in [3.63, 3.8) is 0 Å². The quantitative estimate of drug-likeness (QED) is 0.207. The van der Waals surface area contributed by atoms with Crippen LogP contribution in [0.15, 0.2) is 83.3 Å². The topological polar surface area (TPSA) is 134 Å². The van der Waals surface area contributed by atoms with Gasteiger partial charge in [-0.15, -0.1) is 10.2 Å². The van der Waals surface area contributed by atoms with Crippen LogP contribution in [0.25, 0.3) is 22.9 Å². The van der Waals surface area contributed by atoms with Crippen LogP contribution in [0.5, 0.6) is 0 Å². The molecule has 0 saturated heterocycles. The van der Waals surface area contributed by atoms with E-state index in [0.717, 1.165) is 41.6 Å². The minimum atomic E-state index is -4.12. The van der Waals surface area contributed by atoms with Gasteiger partial charge < -0.3 is 15.1 Å². The third-order valence-electron chi connectivity index (χ3n) is 5.99. The molecule has 1 atom stereocenters. The van der Waals surface area contributed by atoms with Crippen LogP contribution < -0.4 is 10.6 Å². The van der Waals surface area contributed by atoms with Crippen LogP contribution >= 0.6 is 0 Å². The summed E-state index contributed by atoms with van der Waals surface area (Å²) >= 11 is 0. The minimum Gasteiger partial charge on any atom is -0.416 e. The molecular formula is C28H30N4O5S. The summed E-state index contributed by atoms with van der Waals surface area (Å²) in [6.07, 6.45) is 3.02. The van der Waals surface area contributed by atoms with E-state index in [4.69, 9.17) is 8.97 Å². The van der Waals surface area contributed by atoms with Gasteiger partial charge >= 0.3 is 0 Å². The lowest BCUT2D eigenvalue weighted by atomic mass is 9.99. The number of benzene rings is 3. The van der Waals surface area contributed by atoms with E-state index in [-0.39, 0.29) is 12.6 Å². The molecule has 1 unspecified atom stereocenters. The number of rotatable bonds is 12. The summed E-state index contributed by atoms with van der Waals surface area (Å²) in [4.78, 5) is 12.2. The molecule has 3 aromatic carbocycles. The molecule has 0 aliphatic heterocycles. The first-order valence-corrected chi connectivity index (χ1v) is 14.0. The van der Waals surface area contributed by atoms with E-state index in [1.165, 1.54) is 0 Å². The first-order chi connectivity index (χ1) is 18.3. The predicted molar refractivity (Wildman–Crippen MR) is 146 cm³/mol. The lowest BCUT2D eigenvalue weighted by Crippen LogP contribution is -2.28. The van der Waals surface area contributed by atoms with Gasteiger partial charge in [-0.25, -0.2) is 0 Å². The second kappa shape index (κ2) is 12.5. The van der Waals surface area contributed by atoms with Crippen LogP contribution in [0.1, 0.15) is 48.1 Å². The Kier molecular flexibility index (Phi) is 8.88. The van der Waals surface area contributed by atoms with Gasteiger partial charge in [0.2, 0.25) is 11.8 Å². The number of nitrogens with zero attached hydrogens (tertiary/aromatic N) is 2. The lowest BCUT2D eigenvalue weighted by molar-refractivity contribution is 0.0956. The highest BCUT2D eigenvalue weighted by molar-refractivity contribution is 7.85. The van der Waals surface area contributed by atoms with Crippen molar-refractivity contribution in [2.75, 3.05) is 17.6 Å². The van der Waals surface area contributed by atoms with Gasteiger partial charge in [-0.2, -0.15) is 8.42 Å². The van der Waals surface area contributed by atoms with Gasteiger partial charge in [-0.1, -0.05) is 50.1 Å². The zero-order chi connectivity index (χ0) is 27.0. The number of nitrogens with one attached hydrogen (secondary N) is 2. The molecule has 10 heteroatoms. The molecule has 0 aliphatic carbocycles. The van der Waals surface area contributed by atoms with Crippen molar-refractivity contribution in [3.05, 3.63) is 90.0 Å². The summed E-state index contributed by atoms with van der Waals surface area (Å²) in [6, 6.07) is 24.7. The van der Waals surface area contributed by atoms with Gasteiger partial charge in [0.05, 0.1) is 11.8 Å². The molecule has 0 saturated carbocycles. The molecule has 1 amide bonds. The number of hydrogen-bond acceptors (Lipinski definition) is 7. The average Bonchev–Trinajstić information content (AvgIpc) is 3.42. The van der Waals surface area contributed by atoms with Gasteiger partial charge in [-0.3, -0.25) is 9.35 Å². The summed E-state index contributed by atoms with van der Waals surface area (Å²) in [5.74, 6) is -0.00633. The summed E-state index contributed by atoms with van der Waals surface area (Å²) in [6.45, 7) is 1.99. The third kappa shape index (κ3) is 7.50. The molecule has 4 rings (SSSR count). The second-order valence-electron chi connectivity index (χ2n) is 8.86. The fourth-order valence-corrected chi connectivity index (χ4v) is 4.30. The van der Waals surface area contributed by atoms with Crippen LogP contribution in [0.4, 0.5) is 5.69 Å². The maximum atomic E-state index is 12.2. The Morgan fingerprint density at radius 3 is 2.16 bits per heavy atom. The Bertz CT molecular complexity index is 1440. The molecule has 3 N–H and O–H groups in total. The molecule has 0 radical (unpaired) electrons. The Labute approximate surface area is 222 Å². The smallest absolute Gasteiger partial charge is 0.266 e. The number of hydrogen-bond donors (Lipinski definition) is 3. The van der Waals surface area contributed by atoms with Crippen molar-refractivity contribution in [1.82, 2.24) is 15.5 Å². The monoisotopic (exact) mass is 534 g/mol. The zero-order valence-corrected chi connectivity index (χ0v) is 21.8. The standard InChI is InChI=1S/C28H30N4O5S/c1-2-3-9-25(30-24-16-14-21(15-17-24)26(33)29-18-19-38(34,35)36)20-10-12-23(13-11-20)28-32-31-27(37-28)22-7-5-4-6-8-22/h4-8,10-17,25,30H,2-3,9,18-19H2,1H3,(H,29,33)(H,34,35,36). The highest BCUT2D eigenvalue weighted by Crippen LogP contribution is 2.28. The van der Waals surface area contributed by atoms with Crippen molar-refractivity contribution in [3.8, 4) is 22.9 Å². The molecule has 1 aromatic heterocycles. The van der Waals surface area contributed by atoms with E-state index >= 15 is 0 Å². The van der Waals surface area contributed by atoms with Gasteiger partial charge in [0.15, 0.2) is 0 Å². The van der Waals surface area contributed by atoms with E-state index in [2.05, 4.69) is 27.8 Å². The molecule has 38 heavy (non-hydrogen) atoms. The number of carbonyl (C=O) groups is 1. The predicted octanol–water partition coefficient (Wildman–Crippen LogP) is 5.36. The number of aromatic nitrogens is 2. The summed E-state index contributed by atoms with van der Waals surface area (Å²) in [5, 5.41) is 14.4. The fourth-order valence-electron chi connectivity index (χ4n) is 3.94. The van der Waals surface area contributed by atoms with Gasteiger partial charge in [0.1, 0.15) is 0 Å². The van der Waals surface area contributed by atoms with E-state index in [1.54, 1.807) is 12.1 Å². The van der Waals surface area contributed by atoms with Crippen LogP contribution in [-0.2, 0) is 10.1 Å². The Balaban J connectivity index is 1.42. The SMILES string of the molecule is CCCCC(Nc1ccc(C(=O)NCCS(=O)(=O)O)cc1)c1ccc(-c2nnc(-c3ccccc3)o2)cc1. The molecule has 198 valence electrons. The Hall–Kier alpha value is -4.02. The molecule has 1 heterocycles. The maximum absolute atomic E-state index is 12.2.